The quantitative estimate of drug-likeness (QED) is 0.844. The maximum absolute atomic E-state index is 13.9. The van der Waals surface area contributed by atoms with Gasteiger partial charge in [0.1, 0.15) is 17.6 Å². The van der Waals surface area contributed by atoms with Crippen LogP contribution in [0.15, 0.2) is 41.3 Å². The smallest absolute Gasteiger partial charge is 0.380 e. The molecule has 1 amide bonds. The van der Waals surface area contributed by atoms with Gasteiger partial charge in [-0.25, -0.2) is 8.78 Å². The van der Waals surface area contributed by atoms with E-state index in [1.807, 2.05) is 0 Å². The fraction of sp³-hybridized carbons (Fsp3) is 0.263. The van der Waals surface area contributed by atoms with E-state index in [1.165, 1.54) is 25.1 Å². The van der Waals surface area contributed by atoms with Crippen molar-refractivity contribution in [2.75, 3.05) is 18.5 Å². The van der Waals surface area contributed by atoms with Crippen molar-refractivity contribution in [1.29, 1.82) is 0 Å². The Kier molecular flexibility index (Phi) is 5.72. The molecule has 0 spiro atoms. The largest absolute Gasteiger partial charge is 0.510 e. The van der Waals surface area contributed by atoms with Crippen molar-refractivity contribution in [3.63, 3.8) is 0 Å². The first-order valence-electron chi connectivity index (χ1n) is 8.43. The number of halogens is 2. The molecule has 2 aromatic rings. The molecule has 1 N–H and O–H groups in total. The van der Waals surface area contributed by atoms with Crippen molar-refractivity contribution in [3.8, 4) is 6.07 Å². The number of nitrogens with one attached hydrogen (secondary N) is 1. The summed E-state index contributed by atoms with van der Waals surface area (Å²) in [5, 5.41) is 2.48. The minimum atomic E-state index is -4.22. The topological polar surface area (TPSA) is 76.8 Å². The summed E-state index contributed by atoms with van der Waals surface area (Å²) in [6.07, 6.45) is 0.604. The zero-order valence-corrected chi connectivity index (χ0v) is 15.7. The first kappa shape index (κ1) is 19.9. The zero-order chi connectivity index (χ0) is 20.3. The summed E-state index contributed by atoms with van der Waals surface area (Å²) < 4.78 is 60.5. The summed E-state index contributed by atoms with van der Waals surface area (Å²) >= 11 is 0. The second-order valence-electron chi connectivity index (χ2n) is 6.35. The molecule has 1 heterocycles. The Bertz CT molecular complexity index is 1080. The van der Waals surface area contributed by atoms with E-state index in [0.29, 0.717) is 30.9 Å². The maximum Gasteiger partial charge on any atom is 0.510 e. The number of ether oxygens (including phenoxy) is 1. The van der Waals surface area contributed by atoms with E-state index in [2.05, 4.69) is 15.6 Å². The highest BCUT2D eigenvalue weighted by Crippen LogP contribution is 2.20. The highest BCUT2D eigenvalue weighted by molar-refractivity contribution is 7.93. The third-order valence-electron chi connectivity index (χ3n) is 4.13. The molecule has 9 heteroatoms. The van der Waals surface area contributed by atoms with E-state index >= 15 is 0 Å². The van der Waals surface area contributed by atoms with Gasteiger partial charge in [0.05, 0.1) is 10.9 Å². The van der Waals surface area contributed by atoms with Gasteiger partial charge in [0.25, 0.3) is 5.91 Å². The molecule has 1 fully saturated rings. The zero-order valence-electron chi connectivity index (χ0n) is 14.9. The van der Waals surface area contributed by atoms with Gasteiger partial charge in [0, 0.05) is 23.9 Å². The van der Waals surface area contributed by atoms with Crippen molar-refractivity contribution in [2.24, 2.45) is 5.92 Å². The molecule has 0 aromatic heterocycles. The highest BCUT2D eigenvalue weighted by Gasteiger charge is 2.28. The number of sulfonamides is 1. The van der Waals surface area contributed by atoms with Crippen LogP contribution in [0.25, 0.3) is 4.25 Å². The number of nitrogens with zero attached hydrogens (tertiary/aromatic N) is 1. The Morgan fingerprint density at radius 3 is 2.71 bits per heavy atom. The highest BCUT2D eigenvalue weighted by atomic mass is 32.2. The fourth-order valence-corrected chi connectivity index (χ4v) is 3.53. The molecule has 146 valence electrons. The molecule has 6 nitrogen and oxygen atoms in total. The number of rotatable bonds is 3. The SMILES string of the molecule is Cc1cc(NC(=O)c2cc(F)cc(S(=O)(=O)[N+]#CC3CCOC3)c2)ccc1F. The van der Waals surface area contributed by atoms with Gasteiger partial charge in [-0.1, -0.05) is 0 Å². The summed E-state index contributed by atoms with van der Waals surface area (Å²) in [6.45, 7) is 2.36. The van der Waals surface area contributed by atoms with E-state index in [0.717, 1.165) is 18.2 Å². The van der Waals surface area contributed by atoms with Crippen LogP contribution in [0.2, 0.25) is 0 Å². The van der Waals surface area contributed by atoms with Gasteiger partial charge in [-0.2, -0.15) is 0 Å². The van der Waals surface area contributed by atoms with E-state index < -0.39 is 32.5 Å². The fourth-order valence-electron chi connectivity index (χ4n) is 2.60. The summed E-state index contributed by atoms with van der Waals surface area (Å²) in [7, 11) is -4.22. The molecular weight excluding hydrogens is 390 g/mol. The van der Waals surface area contributed by atoms with Crippen LogP contribution in [0.4, 0.5) is 14.5 Å². The molecule has 1 atom stereocenters. The monoisotopic (exact) mass is 407 g/mol. The molecule has 0 aliphatic carbocycles. The average molecular weight is 407 g/mol. The van der Waals surface area contributed by atoms with Crippen LogP contribution < -0.4 is 5.32 Å². The Labute approximate surface area is 161 Å². The lowest BCUT2D eigenvalue weighted by Crippen LogP contribution is -2.13. The van der Waals surface area contributed by atoms with Crippen LogP contribution >= 0.6 is 0 Å². The molecular formula is C19H17F2N2O4S+. The van der Waals surface area contributed by atoms with Gasteiger partial charge in [0.15, 0.2) is 4.90 Å². The number of amides is 1. The third kappa shape index (κ3) is 4.71. The van der Waals surface area contributed by atoms with Crippen molar-refractivity contribution in [1.82, 2.24) is 0 Å². The lowest BCUT2D eigenvalue weighted by molar-refractivity contribution is 0.102. The number of carbonyl (C=O) groups is 1. The molecule has 28 heavy (non-hydrogen) atoms. The lowest BCUT2D eigenvalue weighted by Gasteiger charge is -2.07. The van der Waals surface area contributed by atoms with E-state index in [1.54, 1.807) is 0 Å². The Hall–Kier alpha value is -2.83. The number of aryl methyl sites for hydroxylation is 1. The molecule has 1 saturated heterocycles. The van der Waals surface area contributed by atoms with Gasteiger partial charge < -0.3 is 10.1 Å². The van der Waals surface area contributed by atoms with Crippen molar-refractivity contribution >= 4 is 21.6 Å². The molecule has 1 unspecified atom stereocenters. The van der Waals surface area contributed by atoms with Crippen LogP contribution in [0.5, 0.6) is 0 Å². The summed E-state index contributed by atoms with van der Waals surface area (Å²) in [5.74, 6) is -2.31. The number of benzene rings is 2. The summed E-state index contributed by atoms with van der Waals surface area (Å²) in [6, 6.07) is 9.15. The van der Waals surface area contributed by atoms with Crippen LogP contribution in [0.1, 0.15) is 22.3 Å². The van der Waals surface area contributed by atoms with Crippen LogP contribution in [-0.2, 0) is 14.8 Å². The van der Waals surface area contributed by atoms with Crippen molar-refractivity contribution in [2.45, 2.75) is 18.2 Å². The summed E-state index contributed by atoms with van der Waals surface area (Å²) in [4.78, 5) is 11.9. The van der Waals surface area contributed by atoms with Crippen molar-refractivity contribution < 1.29 is 26.7 Å². The predicted molar refractivity (Wildman–Crippen MR) is 98.8 cm³/mol. The van der Waals surface area contributed by atoms with Crippen LogP contribution in [-0.4, -0.2) is 27.5 Å². The van der Waals surface area contributed by atoms with Crippen molar-refractivity contribution in [3.05, 3.63) is 63.4 Å². The van der Waals surface area contributed by atoms with Gasteiger partial charge in [-0.15, -0.1) is 8.42 Å². The number of anilines is 1. The van der Waals surface area contributed by atoms with Gasteiger partial charge >= 0.3 is 16.1 Å². The molecule has 1 aliphatic heterocycles. The molecule has 0 bridgehead atoms. The number of hydrogen-bond donors (Lipinski definition) is 1. The van der Waals surface area contributed by atoms with Gasteiger partial charge in [-0.3, -0.25) is 4.79 Å². The van der Waals surface area contributed by atoms with Gasteiger partial charge in [-0.05, 0) is 49.2 Å². The lowest BCUT2D eigenvalue weighted by atomic mass is 10.1. The van der Waals surface area contributed by atoms with Crippen LogP contribution in [0, 0.1) is 30.5 Å². The average Bonchev–Trinajstić information content (AvgIpc) is 3.16. The first-order valence-corrected chi connectivity index (χ1v) is 9.87. The van der Waals surface area contributed by atoms with E-state index in [4.69, 9.17) is 4.74 Å². The third-order valence-corrected chi connectivity index (χ3v) is 5.31. The normalized spacial score (nSPS) is 16.3. The Balaban J connectivity index is 1.85. The van der Waals surface area contributed by atoms with E-state index in [9.17, 15) is 22.0 Å². The second kappa shape index (κ2) is 8.04. The minimum Gasteiger partial charge on any atom is -0.380 e. The molecule has 0 saturated carbocycles. The first-order chi connectivity index (χ1) is 13.2. The standard InChI is InChI=1S/C19H16F2N2O4S/c1-12-6-16(2-3-18(12)21)23-19(24)14-7-15(20)9-17(8-14)28(25,26)22-10-13-4-5-27-11-13/h2-3,6-9,13H,4-5,11H2,1H3/p+1. The van der Waals surface area contributed by atoms with E-state index in [-0.39, 0.29) is 11.5 Å². The number of hydrogen-bond acceptors (Lipinski definition) is 4. The Morgan fingerprint density at radius 1 is 1.25 bits per heavy atom. The second-order valence-corrected chi connectivity index (χ2v) is 7.95. The molecule has 0 radical (unpaired) electrons. The maximum atomic E-state index is 13.9. The minimum absolute atomic E-state index is 0.208. The molecule has 2 aromatic carbocycles. The Morgan fingerprint density at radius 2 is 2.04 bits per heavy atom. The molecule has 3 rings (SSSR count). The number of carbonyl (C=O) groups excluding carboxylic acids is 1. The summed E-state index contributed by atoms with van der Waals surface area (Å²) in [5.41, 5.74) is 0.409. The predicted octanol–water partition coefficient (Wildman–Crippen LogP) is 3.58. The van der Waals surface area contributed by atoms with Crippen LogP contribution in [0.3, 0.4) is 0 Å². The molecule has 1 aliphatic rings. The van der Waals surface area contributed by atoms with Gasteiger partial charge in [0.2, 0.25) is 0 Å².